The van der Waals surface area contributed by atoms with Crippen LogP contribution >= 0.6 is 15.9 Å². The van der Waals surface area contributed by atoms with E-state index < -0.39 is 18.0 Å². The average molecular weight is 407 g/mol. The zero-order valence-electron chi connectivity index (χ0n) is 14.2. The van der Waals surface area contributed by atoms with E-state index in [0.29, 0.717) is 16.1 Å². The molecule has 2 rings (SSSR count). The van der Waals surface area contributed by atoms with E-state index in [9.17, 15) is 9.59 Å². The van der Waals surface area contributed by atoms with Crippen molar-refractivity contribution in [1.82, 2.24) is 0 Å². The fourth-order valence-electron chi connectivity index (χ4n) is 2.09. The van der Waals surface area contributed by atoms with E-state index in [1.807, 2.05) is 24.3 Å². The number of carbonyl (C=O) groups is 2. The molecule has 1 atom stereocenters. The molecule has 2 aromatic carbocycles. The number of hydrogen-bond acceptors (Lipinski definition) is 4. The number of esters is 1. The number of halogens is 1. The van der Waals surface area contributed by atoms with E-state index in [-0.39, 0.29) is 11.3 Å². The van der Waals surface area contributed by atoms with Crippen molar-refractivity contribution in [3.8, 4) is 11.5 Å². The Balaban J connectivity index is 2.01. The molecule has 0 saturated heterocycles. The molecule has 0 aliphatic rings. The first-order valence-corrected chi connectivity index (χ1v) is 8.58. The van der Waals surface area contributed by atoms with Crippen LogP contribution in [0.25, 0.3) is 0 Å². The van der Waals surface area contributed by atoms with Crippen LogP contribution in [0.3, 0.4) is 0 Å². The quantitative estimate of drug-likeness (QED) is 0.558. The van der Waals surface area contributed by atoms with Crippen LogP contribution in [0.2, 0.25) is 0 Å². The lowest BCUT2D eigenvalue weighted by Crippen LogP contribution is -2.28. The van der Waals surface area contributed by atoms with Crippen LogP contribution in [-0.2, 0) is 4.79 Å². The minimum atomic E-state index is -1.06. The Hall–Kier alpha value is -2.34. The summed E-state index contributed by atoms with van der Waals surface area (Å²) in [6, 6.07) is 11.7. The zero-order chi connectivity index (χ0) is 18.6. The molecule has 2 aromatic rings. The lowest BCUT2D eigenvalue weighted by atomic mass is 10.0. The van der Waals surface area contributed by atoms with Gasteiger partial charge in [-0.2, -0.15) is 0 Å². The zero-order valence-corrected chi connectivity index (χ0v) is 15.7. The molecule has 1 unspecified atom stereocenters. The molecule has 0 amide bonds. The third-order valence-electron chi connectivity index (χ3n) is 3.58. The second-order valence-electron chi connectivity index (χ2n) is 5.86. The summed E-state index contributed by atoms with van der Waals surface area (Å²) in [4.78, 5) is 23.1. The van der Waals surface area contributed by atoms with Crippen LogP contribution in [0.4, 0.5) is 0 Å². The number of benzene rings is 2. The molecule has 0 fully saturated rings. The summed E-state index contributed by atoms with van der Waals surface area (Å²) in [6.07, 6.45) is -0.809. The number of rotatable bonds is 6. The Morgan fingerprint density at radius 2 is 1.68 bits per heavy atom. The third kappa shape index (κ3) is 5.06. The first-order valence-electron chi connectivity index (χ1n) is 7.79. The fraction of sp³-hybridized carbons (Fsp3) is 0.263. The molecule has 0 aliphatic carbocycles. The first-order chi connectivity index (χ1) is 11.8. The lowest BCUT2D eigenvalue weighted by Gasteiger charge is -2.15. The molecule has 5 nitrogen and oxygen atoms in total. The summed E-state index contributed by atoms with van der Waals surface area (Å²) >= 11 is 3.20. The van der Waals surface area contributed by atoms with Crippen molar-refractivity contribution < 1.29 is 24.2 Å². The molecule has 0 bridgehead atoms. The van der Waals surface area contributed by atoms with E-state index in [4.69, 9.17) is 14.6 Å². The van der Waals surface area contributed by atoms with Crippen molar-refractivity contribution >= 4 is 27.9 Å². The molecule has 6 heteroatoms. The first kappa shape index (κ1) is 19.0. The largest absolute Gasteiger partial charge is 0.479 e. The highest BCUT2D eigenvalue weighted by Crippen LogP contribution is 2.27. The van der Waals surface area contributed by atoms with Crippen molar-refractivity contribution in [3.05, 3.63) is 58.1 Å². The Morgan fingerprint density at radius 1 is 1.04 bits per heavy atom. The van der Waals surface area contributed by atoms with Gasteiger partial charge in [0.2, 0.25) is 0 Å². The van der Waals surface area contributed by atoms with Crippen molar-refractivity contribution in [1.29, 1.82) is 0 Å². The highest BCUT2D eigenvalue weighted by Gasteiger charge is 2.19. The van der Waals surface area contributed by atoms with Crippen LogP contribution in [0.1, 0.15) is 42.6 Å². The Labute approximate surface area is 154 Å². The maximum atomic E-state index is 12.2. The molecule has 0 aliphatic heterocycles. The number of hydrogen-bond donors (Lipinski definition) is 1. The second-order valence-corrected chi connectivity index (χ2v) is 6.71. The molecule has 0 radical (unpaired) electrons. The van der Waals surface area contributed by atoms with Crippen molar-refractivity contribution in [2.24, 2.45) is 0 Å². The van der Waals surface area contributed by atoms with Gasteiger partial charge in [-0.1, -0.05) is 26.0 Å². The maximum absolute atomic E-state index is 12.2. The van der Waals surface area contributed by atoms with E-state index in [2.05, 4.69) is 29.8 Å². The normalized spacial score (nSPS) is 11.9. The Bertz CT molecular complexity index is 768. The van der Waals surface area contributed by atoms with Crippen molar-refractivity contribution in [2.75, 3.05) is 0 Å². The monoisotopic (exact) mass is 406 g/mol. The predicted molar refractivity (Wildman–Crippen MR) is 97.4 cm³/mol. The highest BCUT2D eigenvalue weighted by molar-refractivity contribution is 9.10. The smallest absolute Gasteiger partial charge is 0.352 e. The highest BCUT2D eigenvalue weighted by atomic mass is 79.9. The molecule has 25 heavy (non-hydrogen) atoms. The van der Waals surface area contributed by atoms with Crippen LogP contribution in [0.15, 0.2) is 46.9 Å². The standard InChI is InChI=1S/C19H19BrO5/c1-11(2)13-4-7-15(8-5-13)24-12(3)19(23)25-17-9-6-14(18(21)22)10-16(17)20/h4-12H,1-3H3,(H,21,22). The van der Waals surface area contributed by atoms with Crippen molar-refractivity contribution in [3.63, 3.8) is 0 Å². The van der Waals surface area contributed by atoms with Gasteiger partial charge in [0, 0.05) is 0 Å². The minimum Gasteiger partial charge on any atom is -0.479 e. The number of ether oxygens (including phenoxy) is 2. The lowest BCUT2D eigenvalue weighted by molar-refractivity contribution is -0.141. The van der Waals surface area contributed by atoms with Crippen LogP contribution in [0, 0.1) is 0 Å². The Morgan fingerprint density at radius 3 is 2.20 bits per heavy atom. The number of carbonyl (C=O) groups excluding carboxylic acids is 1. The van der Waals surface area contributed by atoms with E-state index in [1.54, 1.807) is 6.92 Å². The molecular formula is C19H19BrO5. The molecule has 0 saturated carbocycles. The average Bonchev–Trinajstić information content (AvgIpc) is 2.56. The topological polar surface area (TPSA) is 72.8 Å². The van der Waals surface area contributed by atoms with E-state index in [0.717, 1.165) is 0 Å². The van der Waals surface area contributed by atoms with Gasteiger partial charge >= 0.3 is 11.9 Å². The van der Waals surface area contributed by atoms with Crippen molar-refractivity contribution in [2.45, 2.75) is 32.8 Å². The van der Waals surface area contributed by atoms with E-state index in [1.165, 1.54) is 23.8 Å². The molecule has 0 spiro atoms. The molecule has 132 valence electrons. The van der Waals surface area contributed by atoms with Gasteiger partial charge in [0.05, 0.1) is 10.0 Å². The number of aromatic carboxylic acids is 1. The number of carboxylic acid groups (broad SMARTS) is 1. The van der Waals surface area contributed by atoms with Gasteiger partial charge in [0.25, 0.3) is 0 Å². The molecule has 1 N–H and O–H groups in total. The molecule has 0 aromatic heterocycles. The summed E-state index contributed by atoms with van der Waals surface area (Å²) < 4.78 is 11.3. The van der Waals surface area contributed by atoms with Crippen LogP contribution < -0.4 is 9.47 Å². The van der Waals surface area contributed by atoms with Gasteiger partial charge in [-0.25, -0.2) is 9.59 Å². The van der Waals surface area contributed by atoms with Crippen LogP contribution in [0.5, 0.6) is 11.5 Å². The predicted octanol–water partition coefficient (Wildman–Crippen LogP) is 4.64. The minimum absolute atomic E-state index is 0.0983. The van der Waals surface area contributed by atoms with Gasteiger partial charge < -0.3 is 14.6 Å². The van der Waals surface area contributed by atoms with Crippen LogP contribution in [-0.4, -0.2) is 23.1 Å². The van der Waals surface area contributed by atoms with Gasteiger partial charge in [0.1, 0.15) is 11.5 Å². The second kappa shape index (κ2) is 8.16. The maximum Gasteiger partial charge on any atom is 0.352 e. The summed E-state index contributed by atoms with van der Waals surface area (Å²) in [5.41, 5.74) is 1.28. The van der Waals surface area contributed by atoms with Gasteiger partial charge in [-0.15, -0.1) is 0 Å². The number of carboxylic acids is 1. The fourth-order valence-corrected chi connectivity index (χ4v) is 2.55. The molecular weight excluding hydrogens is 388 g/mol. The summed E-state index contributed by atoms with van der Waals surface area (Å²) in [5.74, 6) is -0.394. The third-order valence-corrected chi connectivity index (χ3v) is 4.20. The Kier molecular flexibility index (Phi) is 6.20. The van der Waals surface area contributed by atoms with Gasteiger partial charge in [-0.05, 0) is 64.7 Å². The van der Waals surface area contributed by atoms with Gasteiger partial charge in [0.15, 0.2) is 6.10 Å². The molecule has 0 heterocycles. The SMILES string of the molecule is CC(Oc1ccc(C(C)C)cc1)C(=O)Oc1ccc(C(=O)O)cc1Br. The summed E-state index contributed by atoms with van der Waals surface area (Å²) in [7, 11) is 0. The van der Waals surface area contributed by atoms with Gasteiger partial charge in [-0.3, -0.25) is 0 Å². The summed E-state index contributed by atoms with van der Waals surface area (Å²) in [5, 5.41) is 8.94. The van der Waals surface area contributed by atoms with E-state index >= 15 is 0 Å². The summed E-state index contributed by atoms with van der Waals surface area (Å²) in [6.45, 7) is 5.80.